The van der Waals surface area contributed by atoms with Crippen molar-refractivity contribution in [2.24, 2.45) is 0 Å². The molecule has 282 valence electrons. The highest BCUT2D eigenvalue weighted by molar-refractivity contribution is 5.87. The van der Waals surface area contributed by atoms with Crippen LogP contribution in [0.1, 0.15) is 0 Å². The summed E-state index contributed by atoms with van der Waals surface area (Å²) in [4.78, 5) is 20.5. The normalized spacial score (nSPS) is 11.0. The molecule has 0 atom stereocenters. The highest BCUT2D eigenvalue weighted by Gasteiger charge is 2.17. The second-order valence-corrected chi connectivity index (χ2v) is 14.7. The molecule has 2 aromatic heterocycles. The lowest BCUT2D eigenvalue weighted by atomic mass is 9.93. The summed E-state index contributed by atoms with van der Waals surface area (Å²) < 4.78 is 0. The van der Waals surface area contributed by atoms with Crippen LogP contribution in [0.4, 0.5) is 0 Å². The first-order valence-electron chi connectivity index (χ1n) is 20.1. The molecular formula is C56H38N4. The summed E-state index contributed by atoms with van der Waals surface area (Å²) in [7, 11) is 0. The molecule has 0 bridgehead atoms. The van der Waals surface area contributed by atoms with Gasteiger partial charge in [0.05, 0.1) is 5.69 Å². The predicted molar refractivity (Wildman–Crippen MR) is 247 cm³/mol. The average Bonchev–Trinajstić information content (AvgIpc) is 3.35. The van der Waals surface area contributed by atoms with E-state index in [2.05, 4.69) is 194 Å². The molecular weight excluding hydrogens is 729 g/mol. The van der Waals surface area contributed by atoms with Crippen molar-refractivity contribution in [2.75, 3.05) is 0 Å². The van der Waals surface area contributed by atoms with E-state index in [0.717, 1.165) is 78.0 Å². The van der Waals surface area contributed by atoms with E-state index in [9.17, 15) is 0 Å². The van der Waals surface area contributed by atoms with Crippen LogP contribution in [0.25, 0.3) is 101 Å². The fraction of sp³-hybridized carbons (Fsp3) is 0. The molecule has 0 saturated heterocycles. The summed E-state index contributed by atoms with van der Waals surface area (Å²) in [5.41, 5.74) is 15.8. The van der Waals surface area contributed by atoms with E-state index in [-0.39, 0.29) is 0 Å². The summed E-state index contributed by atoms with van der Waals surface area (Å²) in [6.07, 6.45) is 1.86. The third kappa shape index (κ3) is 7.66. The fourth-order valence-electron chi connectivity index (χ4n) is 7.68. The molecule has 0 radical (unpaired) electrons. The Labute approximate surface area is 350 Å². The highest BCUT2D eigenvalue weighted by atomic mass is 15.0. The zero-order valence-electron chi connectivity index (χ0n) is 32.7. The molecule has 0 N–H and O–H groups in total. The summed E-state index contributed by atoms with van der Waals surface area (Å²) in [6, 6.07) is 78.1. The van der Waals surface area contributed by atoms with Crippen LogP contribution < -0.4 is 0 Å². The summed E-state index contributed by atoms with van der Waals surface area (Å²) in [5.74, 6) is 1.80. The second kappa shape index (κ2) is 16.4. The van der Waals surface area contributed by atoms with Crippen molar-refractivity contribution in [1.82, 2.24) is 19.9 Å². The quantitative estimate of drug-likeness (QED) is 0.147. The molecule has 0 aliphatic carbocycles. The first-order chi connectivity index (χ1) is 29.7. The Morgan fingerprint density at radius 3 is 0.967 bits per heavy atom. The molecule has 0 aliphatic heterocycles. The van der Waals surface area contributed by atoms with Gasteiger partial charge in [0.2, 0.25) is 0 Å². The Balaban J connectivity index is 1.11. The molecule has 4 heteroatoms. The van der Waals surface area contributed by atoms with Crippen LogP contribution in [0.5, 0.6) is 0 Å². The molecule has 10 rings (SSSR count). The summed E-state index contributed by atoms with van der Waals surface area (Å²) >= 11 is 0. The van der Waals surface area contributed by atoms with E-state index < -0.39 is 0 Å². The zero-order chi connectivity index (χ0) is 40.1. The highest BCUT2D eigenvalue weighted by Crippen LogP contribution is 2.38. The number of aromatic nitrogens is 4. The van der Waals surface area contributed by atoms with Gasteiger partial charge in [-0.1, -0.05) is 200 Å². The number of benzene rings is 8. The van der Waals surface area contributed by atoms with Gasteiger partial charge < -0.3 is 0 Å². The SMILES string of the molecule is c1ccc(-c2ccc(-c3nc(-c4ccc(-c5ccccc5)cc4)nc(-c4cc(-c5ccccc5)cc(-c5cccnc5-c5ccc(-c6ccccc6)cc5)c4)n3)cc2)cc1. The molecule has 60 heavy (non-hydrogen) atoms. The van der Waals surface area contributed by atoms with E-state index in [0.29, 0.717) is 17.5 Å². The van der Waals surface area contributed by atoms with Crippen molar-refractivity contribution in [3.63, 3.8) is 0 Å². The van der Waals surface area contributed by atoms with Gasteiger partial charge in [-0.05, 0) is 74.3 Å². The van der Waals surface area contributed by atoms with E-state index in [4.69, 9.17) is 19.9 Å². The number of hydrogen-bond donors (Lipinski definition) is 0. The summed E-state index contributed by atoms with van der Waals surface area (Å²) in [6.45, 7) is 0. The van der Waals surface area contributed by atoms with Gasteiger partial charge in [-0.15, -0.1) is 0 Å². The molecule has 10 aromatic rings. The van der Waals surface area contributed by atoms with Crippen molar-refractivity contribution >= 4 is 0 Å². The lowest BCUT2D eigenvalue weighted by Crippen LogP contribution is -2.01. The number of hydrogen-bond acceptors (Lipinski definition) is 4. The van der Waals surface area contributed by atoms with Crippen LogP contribution in [0.15, 0.2) is 231 Å². The standard InChI is InChI=1S/C56H38N4/c1-5-14-39(15-6-1)43-23-29-46(30-24-43)53-52(22-13-35-57-53)50-36-49(42-20-11-4-12-21-42)37-51(38-50)56-59-54(47-31-25-44(26-32-47)40-16-7-2-8-17-40)58-55(60-56)48-33-27-45(28-34-48)41-18-9-3-10-19-41/h1-38H. The molecule has 0 saturated carbocycles. The Hall–Kier alpha value is -8.08. The van der Waals surface area contributed by atoms with Crippen molar-refractivity contribution < 1.29 is 0 Å². The summed E-state index contributed by atoms with van der Waals surface area (Å²) in [5, 5.41) is 0. The van der Waals surface area contributed by atoms with Crippen molar-refractivity contribution in [1.29, 1.82) is 0 Å². The Bertz CT molecular complexity index is 2920. The second-order valence-electron chi connectivity index (χ2n) is 14.7. The number of pyridine rings is 1. The Morgan fingerprint density at radius 1 is 0.217 bits per heavy atom. The Kier molecular flexibility index (Phi) is 9.92. The molecule has 0 unspecified atom stereocenters. The van der Waals surface area contributed by atoms with Gasteiger partial charge in [0, 0.05) is 34.0 Å². The maximum absolute atomic E-state index is 5.22. The number of rotatable bonds is 9. The van der Waals surface area contributed by atoms with Crippen LogP contribution >= 0.6 is 0 Å². The lowest BCUT2D eigenvalue weighted by molar-refractivity contribution is 1.07. The number of nitrogens with zero attached hydrogens (tertiary/aromatic N) is 4. The van der Waals surface area contributed by atoms with Gasteiger partial charge in [-0.3, -0.25) is 4.98 Å². The van der Waals surface area contributed by atoms with Crippen molar-refractivity contribution in [2.45, 2.75) is 0 Å². The minimum absolute atomic E-state index is 0.589. The van der Waals surface area contributed by atoms with Gasteiger partial charge in [0.25, 0.3) is 0 Å². The Morgan fingerprint density at radius 2 is 0.533 bits per heavy atom. The van der Waals surface area contributed by atoms with E-state index in [1.807, 2.05) is 36.5 Å². The predicted octanol–water partition coefficient (Wildman–Crippen LogP) is 14.3. The largest absolute Gasteiger partial charge is 0.256 e. The smallest absolute Gasteiger partial charge is 0.164 e. The molecule has 0 spiro atoms. The first kappa shape index (κ1) is 36.3. The average molecular weight is 767 g/mol. The van der Waals surface area contributed by atoms with Crippen LogP contribution in [0.3, 0.4) is 0 Å². The van der Waals surface area contributed by atoms with Crippen molar-refractivity contribution in [3.8, 4) is 101 Å². The third-order valence-corrected chi connectivity index (χ3v) is 10.8. The van der Waals surface area contributed by atoms with Gasteiger partial charge in [-0.25, -0.2) is 15.0 Å². The van der Waals surface area contributed by atoms with Crippen LogP contribution in [0.2, 0.25) is 0 Å². The fourth-order valence-corrected chi connectivity index (χ4v) is 7.68. The topological polar surface area (TPSA) is 51.6 Å². The van der Waals surface area contributed by atoms with Gasteiger partial charge in [0.1, 0.15) is 0 Å². The molecule has 4 nitrogen and oxygen atoms in total. The van der Waals surface area contributed by atoms with Gasteiger partial charge >= 0.3 is 0 Å². The van der Waals surface area contributed by atoms with Crippen LogP contribution in [-0.2, 0) is 0 Å². The third-order valence-electron chi connectivity index (χ3n) is 10.8. The molecule has 2 heterocycles. The lowest BCUT2D eigenvalue weighted by Gasteiger charge is -2.15. The minimum atomic E-state index is 0.589. The monoisotopic (exact) mass is 766 g/mol. The van der Waals surface area contributed by atoms with E-state index in [1.165, 1.54) is 5.56 Å². The van der Waals surface area contributed by atoms with Crippen LogP contribution in [-0.4, -0.2) is 19.9 Å². The molecule has 0 fully saturated rings. The molecule has 0 amide bonds. The van der Waals surface area contributed by atoms with Gasteiger partial charge in [-0.2, -0.15) is 0 Å². The van der Waals surface area contributed by atoms with E-state index in [1.54, 1.807) is 0 Å². The first-order valence-corrected chi connectivity index (χ1v) is 20.1. The van der Waals surface area contributed by atoms with Crippen molar-refractivity contribution in [3.05, 3.63) is 231 Å². The van der Waals surface area contributed by atoms with Gasteiger partial charge in [0.15, 0.2) is 17.5 Å². The van der Waals surface area contributed by atoms with Crippen LogP contribution in [0, 0.1) is 0 Å². The maximum Gasteiger partial charge on any atom is 0.164 e. The molecule has 0 aliphatic rings. The zero-order valence-corrected chi connectivity index (χ0v) is 32.7. The van der Waals surface area contributed by atoms with E-state index >= 15 is 0 Å². The minimum Gasteiger partial charge on any atom is -0.256 e. The molecule has 8 aromatic carbocycles. The maximum atomic E-state index is 5.22.